The zero-order valence-electron chi connectivity index (χ0n) is 16.0. The van der Waals surface area contributed by atoms with E-state index in [-0.39, 0.29) is 23.6 Å². The van der Waals surface area contributed by atoms with Crippen LogP contribution in [0, 0.1) is 0 Å². The Kier molecular flexibility index (Phi) is 8.38. The zero-order valence-corrected chi connectivity index (χ0v) is 16.9. The summed E-state index contributed by atoms with van der Waals surface area (Å²) in [5, 5.41) is 2.92. The summed E-state index contributed by atoms with van der Waals surface area (Å²) >= 11 is 0. The summed E-state index contributed by atoms with van der Waals surface area (Å²) in [7, 11) is -1.54. The highest BCUT2D eigenvalue weighted by atomic mass is 32.2. The number of carbonyl (C=O) groups is 2. The van der Waals surface area contributed by atoms with Gasteiger partial charge in [-0.05, 0) is 19.3 Å². The van der Waals surface area contributed by atoms with Gasteiger partial charge < -0.3 is 10.2 Å². The highest BCUT2D eigenvalue weighted by molar-refractivity contribution is 7.91. The highest BCUT2D eigenvalue weighted by Crippen LogP contribution is 2.18. The molecule has 2 aliphatic rings. The van der Waals surface area contributed by atoms with E-state index >= 15 is 0 Å². The zero-order chi connectivity index (χ0) is 19.0. The highest BCUT2D eigenvalue weighted by Gasteiger charge is 2.35. The minimum atomic E-state index is -3.08. The van der Waals surface area contributed by atoms with E-state index in [1.807, 2.05) is 0 Å². The molecule has 0 radical (unpaired) electrons. The summed E-state index contributed by atoms with van der Waals surface area (Å²) in [6.07, 6.45) is 13.2. The molecule has 0 spiro atoms. The number of amides is 2. The number of hydrogen-bond acceptors (Lipinski definition) is 4. The van der Waals surface area contributed by atoms with E-state index in [2.05, 4.69) is 5.32 Å². The van der Waals surface area contributed by atoms with Crippen LogP contribution < -0.4 is 5.32 Å². The van der Waals surface area contributed by atoms with Crippen molar-refractivity contribution in [3.8, 4) is 0 Å². The van der Waals surface area contributed by atoms with Crippen molar-refractivity contribution in [3.05, 3.63) is 0 Å². The molecule has 150 valence electrons. The minimum absolute atomic E-state index is 0.0358. The number of carbonyl (C=O) groups excluding carboxylic acids is 2. The van der Waals surface area contributed by atoms with Crippen molar-refractivity contribution in [3.63, 3.8) is 0 Å². The lowest BCUT2D eigenvalue weighted by molar-refractivity contribution is -0.146. The van der Waals surface area contributed by atoms with Crippen LogP contribution in [0.25, 0.3) is 0 Å². The molecular weight excluding hydrogens is 352 g/mol. The fourth-order valence-electron chi connectivity index (χ4n) is 3.96. The van der Waals surface area contributed by atoms with Crippen molar-refractivity contribution in [2.24, 2.45) is 0 Å². The van der Waals surface area contributed by atoms with E-state index in [0.29, 0.717) is 6.42 Å². The maximum Gasteiger partial charge on any atom is 0.311 e. The minimum Gasteiger partial charge on any atom is -0.345 e. The van der Waals surface area contributed by atoms with Gasteiger partial charge in [-0.1, -0.05) is 57.8 Å². The lowest BCUT2D eigenvalue weighted by Gasteiger charge is -2.25. The van der Waals surface area contributed by atoms with Crippen LogP contribution in [-0.2, 0) is 19.4 Å². The first-order valence-corrected chi connectivity index (χ1v) is 12.0. The van der Waals surface area contributed by atoms with Crippen molar-refractivity contribution in [2.75, 3.05) is 18.6 Å². The molecule has 1 heterocycles. The lowest BCUT2D eigenvalue weighted by atomic mass is 9.98. The monoisotopic (exact) mass is 386 g/mol. The van der Waals surface area contributed by atoms with Gasteiger partial charge in [-0.15, -0.1) is 0 Å². The van der Waals surface area contributed by atoms with E-state index in [0.717, 1.165) is 25.7 Å². The van der Waals surface area contributed by atoms with Gasteiger partial charge in [-0.25, -0.2) is 8.42 Å². The average molecular weight is 387 g/mol. The number of sulfone groups is 1. The molecule has 1 aliphatic carbocycles. The molecule has 7 heteroatoms. The Morgan fingerprint density at radius 2 is 1.35 bits per heavy atom. The molecule has 1 unspecified atom stereocenters. The predicted octanol–water partition coefficient (Wildman–Crippen LogP) is 2.42. The lowest BCUT2D eigenvalue weighted by Crippen LogP contribution is -2.48. The fraction of sp³-hybridized carbons (Fsp3) is 0.895. The predicted molar refractivity (Wildman–Crippen MR) is 103 cm³/mol. The van der Waals surface area contributed by atoms with Gasteiger partial charge in [0, 0.05) is 19.1 Å². The van der Waals surface area contributed by atoms with Crippen LogP contribution in [0.4, 0.5) is 0 Å². The number of nitrogens with zero attached hydrogens (tertiary/aromatic N) is 1. The van der Waals surface area contributed by atoms with Crippen LogP contribution in [0.1, 0.15) is 77.0 Å². The quantitative estimate of drug-likeness (QED) is 0.739. The molecule has 0 aromatic carbocycles. The Morgan fingerprint density at radius 1 is 0.846 bits per heavy atom. The molecule has 1 saturated heterocycles. The summed E-state index contributed by atoms with van der Waals surface area (Å²) in [5.41, 5.74) is 0. The summed E-state index contributed by atoms with van der Waals surface area (Å²) in [6, 6.07) is -0.332. The largest absolute Gasteiger partial charge is 0.345 e. The number of likely N-dealkylation sites (N-methyl/N-ethyl adjacent to an activating group) is 1. The average Bonchev–Trinajstić information content (AvgIpc) is 2.95. The van der Waals surface area contributed by atoms with Gasteiger partial charge in [-0.2, -0.15) is 0 Å². The van der Waals surface area contributed by atoms with Crippen LogP contribution in [-0.4, -0.2) is 55.8 Å². The van der Waals surface area contributed by atoms with E-state index in [1.165, 1.54) is 56.9 Å². The summed E-state index contributed by atoms with van der Waals surface area (Å²) in [5.74, 6) is -1.14. The molecule has 1 aliphatic heterocycles. The third-order valence-electron chi connectivity index (χ3n) is 5.71. The standard InChI is InChI=1S/C19H34N2O4S/c1-21(17-13-14-26(24,25)15-17)19(23)18(22)20-16-11-9-7-5-3-2-4-6-8-10-12-16/h16-17H,2-15H2,1H3,(H,20,22). The van der Waals surface area contributed by atoms with E-state index in [4.69, 9.17) is 0 Å². The molecular formula is C19H34N2O4S. The maximum atomic E-state index is 12.4. The number of rotatable bonds is 2. The Morgan fingerprint density at radius 3 is 1.81 bits per heavy atom. The summed E-state index contributed by atoms with van der Waals surface area (Å²) < 4.78 is 23.2. The van der Waals surface area contributed by atoms with Crippen molar-refractivity contribution in [2.45, 2.75) is 89.1 Å². The maximum absolute atomic E-state index is 12.4. The molecule has 2 rings (SSSR count). The molecule has 0 bridgehead atoms. The van der Waals surface area contributed by atoms with Gasteiger partial charge in [0.2, 0.25) is 0 Å². The topological polar surface area (TPSA) is 83.6 Å². The van der Waals surface area contributed by atoms with Crippen molar-refractivity contribution in [1.29, 1.82) is 0 Å². The molecule has 1 saturated carbocycles. The molecule has 1 atom stereocenters. The molecule has 6 nitrogen and oxygen atoms in total. The molecule has 2 amide bonds. The Bertz CT molecular complexity index is 564. The second-order valence-electron chi connectivity index (χ2n) is 7.90. The second kappa shape index (κ2) is 10.3. The third kappa shape index (κ3) is 6.89. The van der Waals surface area contributed by atoms with Crippen LogP contribution in [0.2, 0.25) is 0 Å². The van der Waals surface area contributed by atoms with Crippen molar-refractivity contribution in [1.82, 2.24) is 10.2 Å². The first kappa shape index (κ1) is 21.2. The molecule has 0 aromatic heterocycles. The van der Waals surface area contributed by atoms with Gasteiger partial charge in [0.15, 0.2) is 9.84 Å². The first-order chi connectivity index (χ1) is 12.4. The van der Waals surface area contributed by atoms with E-state index in [9.17, 15) is 18.0 Å². The Balaban J connectivity index is 1.85. The number of hydrogen-bond donors (Lipinski definition) is 1. The van der Waals surface area contributed by atoms with Crippen LogP contribution in [0.5, 0.6) is 0 Å². The Hall–Kier alpha value is -1.11. The molecule has 2 fully saturated rings. The SMILES string of the molecule is CN(C(=O)C(=O)NC1CCCCCCCCCCC1)C1CCS(=O)(=O)C1. The molecule has 26 heavy (non-hydrogen) atoms. The van der Waals surface area contributed by atoms with Gasteiger partial charge in [0.25, 0.3) is 0 Å². The molecule has 1 N–H and O–H groups in total. The number of nitrogens with one attached hydrogen (secondary N) is 1. The van der Waals surface area contributed by atoms with Crippen molar-refractivity contribution < 1.29 is 18.0 Å². The van der Waals surface area contributed by atoms with Crippen LogP contribution >= 0.6 is 0 Å². The smallest absolute Gasteiger partial charge is 0.311 e. The van der Waals surface area contributed by atoms with Crippen molar-refractivity contribution >= 4 is 21.7 Å². The first-order valence-electron chi connectivity index (χ1n) is 10.2. The normalized spacial score (nSPS) is 25.7. The Labute approximate surface area is 158 Å². The van der Waals surface area contributed by atoms with E-state index in [1.54, 1.807) is 0 Å². The third-order valence-corrected chi connectivity index (χ3v) is 7.46. The van der Waals surface area contributed by atoms with E-state index < -0.39 is 21.7 Å². The van der Waals surface area contributed by atoms with Gasteiger partial charge in [-0.3, -0.25) is 9.59 Å². The van der Waals surface area contributed by atoms with Gasteiger partial charge in [0.05, 0.1) is 11.5 Å². The fourth-order valence-corrected chi connectivity index (χ4v) is 5.74. The second-order valence-corrected chi connectivity index (χ2v) is 10.1. The van der Waals surface area contributed by atoms with Gasteiger partial charge in [0.1, 0.15) is 0 Å². The van der Waals surface area contributed by atoms with Gasteiger partial charge >= 0.3 is 11.8 Å². The summed E-state index contributed by atoms with van der Waals surface area (Å²) in [6.45, 7) is 0. The summed E-state index contributed by atoms with van der Waals surface area (Å²) in [4.78, 5) is 26.1. The van der Waals surface area contributed by atoms with Crippen LogP contribution in [0.15, 0.2) is 0 Å². The molecule has 0 aromatic rings. The van der Waals surface area contributed by atoms with Crippen LogP contribution in [0.3, 0.4) is 0 Å².